The van der Waals surface area contributed by atoms with E-state index in [0.29, 0.717) is 0 Å². The fourth-order valence-electron chi connectivity index (χ4n) is 0.0224. The van der Waals surface area contributed by atoms with Gasteiger partial charge in [-0.25, -0.2) is 5.21 Å². The van der Waals surface area contributed by atoms with Crippen molar-refractivity contribution < 1.29 is 5.21 Å². The van der Waals surface area contributed by atoms with E-state index < -0.39 is 0 Å². The number of hydrogen-bond donors (Lipinski definition) is 1. The molecule has 30 valence electrons. The second-order valence-electron chi connectivity index (χ2n) is 0.489. The van der Waals surface area contributed by atoms with Crippen LogP contribution in [0.15, 0.2) is 0 Å². The molecular weight excluding hydrogens is 82.0 g/mol. The van der Waals surface area contributed by atoms with E-state index in [4.69, 9.17) is 17.0 Å². The molecule has 0 atom stereocenters. The molecular formula is C2HN3O. The van der Waals surface area contributed by atoms with Gasteiger partial charge in [0, 0.05) is 0 Å². The molecule has 0 aromatic heterocycles. The van der Waals surface area contributed by atoms with E-state index in [1.807, 2.05) is 0 Å². The zero-order chi connectivity index (χ0) is 4.99. The molecule has 4 nitrogen and oxygen atoms in total. The van der Waals surface area contributed by atoms with E-state index in [2.05, 4.69) is 4.95 Å². The van der Waals surface area contributed by atoms with E-state index in [1.165, 1.54) is 0 Å². The SMILES string of the molecule is [C-]#[N+]N(O)C#N. The van der Waals surface area contributed by atoms with Crippen molar-refractivity contribution in [2.24, 2.45) is 0 Å². The molecule has 0 saturated carbocycles. The van der Waals surface area contributed by atoms with Crippen LogP contribution in [0, 0.1) is 18.0 Å². The molecule has 0 aliphatic rings. The highest BCUT2D eigenvalue weighted by atomic mass is 16.5. The standard InChI is InChI=1S/C2HN3O/c1-4-5(6)2-3/h6H. The van der Waals surface area contributed by atoms with Gasteiger partial charge in [0.15, 0.2) is 0 Å². The highest BCUT2D eigenvalue weighted by Gasteiger charge is 1.87. The van der Waals surface area contributed by atoms with Gasteiger partial charge in [0.05, 0.1) is 0 Å². The Labute approximate surface area is 34.6 Å². The van der Waals surface area contributed by atoms with Crippen LogP contribution in [0.1, 0.15) is 0 Å². The van der Waals surface area contributed by atoms with Crippen molar-refractivity contribution in [1.29, 1.82) is 5.26 Å². The molecule has 1 N–H and O–H groups in total. The first-order chi connectivity index (χ1) is 2.81. The van der Waals surface area contributed by atoms with Crippen LogP contribution in [0.3, 0.4) is 0 Å². The Morgan fingerprint density at radius 1 is 2.00 bits per heavy atom. The molecule has 4 heteroatoms. The lowest BCUT2D eigenvalue weighted by Gasteiger charge is -1.76. The number of nitrogens with zero attached hydrogens (tertiary/aromatic N) is 3. The molecule has 0 fully saturated rings. The summed E-state index contributed by atoms with van der Waals surface area (Å²) in [6, 6.07) is 0. The van der Waals surface area contributed by atoms with E-state index in [-0.39, 0.29) is 5.17 Å². The summed E-state index contributed by atoms with van der Waals surface area (Å²) in [7, 11) is 0. The first-order valence-electron chi connectivity index (χ1n) is 1.07. The summed E-state index contributed by atoms with van der Waals surface area (Å²) in [5.41, 5.74) is 0. The van der Waals surface area contributed by atoms with Crippen LogP contribution in [0.5, 0.6) is 0 Å². The van der Waals surface area contributed by atoms with Crippen molar-refractivity contribution in [3.8, 4) is 6.19 Å². The molecule has 0 amide bonds. The highest BCUT2D eigenvalue weighted by molar-refractivity contribution is 4.64. The first kappa shape index (κ1) is 4.74. The maximum Gasteiger partial charge on any atom is 0.288 e. The summed E-state index contributed by atoms with van der Waals surface area (Å²) < 4.78 is 0. The average molecular weight is 83.1 g/mol. The molecule has 0 heterocycles. The van der Waals surface area contributed by atoms with Gasteiger partial charge in [0.2, 0.25) is 0 Å². The second kappa shape index (κ2) is 2.01. The van der Waals surface area contributed by atoms with Crippen molar-refractivity contribution in [2.75, 3.05) is 0 Å². The number of hydroxylamine groups is 1. The maximum absolute atomic E-state index is 7.78. The number of rotatable bonds is 0. The zero-order valence-electron chi connectivity index (χ0n) is 2.79. The Kier molecular flexibility index (Phi) is 1.59. The fourth-order valence-corrected chi connectivity index (χ4v) is 0.0224. The Morgan fingerprint density at radius 3 is 2.50 bits per heavy atom. The lowest BCUT2D eigenvalue weighted by atomic mass is 11.4. The lowest BCUT2D eigenvalue weighted by molar-refractivity contribution is 0.0182. The van der Waals surface area contributed by atoms with Gasteiger partial charge >= 0.3 is 0 Å². The molecule has 0 rings (SSSR count). The van der Waals surface area contributed by atoms with E-state index in [0.717, 1.165) is 6.19 Å². The molecule has 0 unspecified atom stereocenters. The minimum atomic E-state index is -0.153. The quantitative estimate of drug-likeness (QED) is 0.194. The molecule has 0 aromatic rings. The van der Waals surface area contributed by atoms with Gasteiger partial charge in [-0.1, -0.05) is 0 Å². The van der Waals surface area contributed by atoms with Gasteiger partial charge < -0.3 is 0 Å². The van der Waals surface area contributed by atoms with Gasteiger partial charge in [-0.2, -0.15) is 11.8 Å². The second-order valence-corrected chi connectivity index (χ2v) is 0.489. The maximum atomic E-state index is 7.78. The highest BCUT2D eigenvalue weighted by Crippen LogP contribution is 1.69. The third-order valence-corrected chi connectivity index (χ3v) is 0.184. The molecule has 0 aliphatic carbocycles. The van der Waals surface area contributed by atoms with E-state index >= 15 is 0 Å². The van der Waals surface area contributed by atoms with Crippen LogP contribution in [0.25, 0.3) is 4.95 Å². The smallest absolute Gasteiger partial charge is 0.216 e. The van der Waals surface area contributed by atoms with Crippen molar-refractivity contribution in [3.05, 3.63) is 11.5 Å². The van der Waals surface area contributed by atoms with Crippen molar-refractivity contribution in [2.45, 2.75) is 0 Å². The molecule has 0 spiro atoms. The molecule has 6 heavy (non-hydrogen) atoms. The van der Waals surface area contributed by atoms with Gasteiger partial charge in [0.25, 0.3) is 6.19 Å². The average Bonchev–Trinajstić information content (AvgIpc) is 1.65. The zero-order valence-corrected chi connectivity index (χ0v) is 2.79. The predicted octanol–water partition coefficient (Wildman–Crippen LogP) is -0.00703. The fraction of sp³-hybridized carbons (Fsp3) is 0. The topological polar surface area (TPSA) is 51.6 Å². The van der Waals surface area contributed by atoms with Crippen LogP contribution in [0.2, 0.25) is 0 Å². The number of hydrogen-bond acceptors (Lipinski definition) is 3. The van der Waals surface area contributed by atoms with Crippen molar-refractivity contribution >= 4 is 0 Å². The Hall–Kier alpha value is -1.26. The van der Waals surface area contributed by atoms with Crippen molar-refractivity contribution in [1.82, 2.24) is 5.17 Å². The minimum absolute atomic E-state index is 0.153. The first-order valence-corrected chi connectivity index (χ1v) is 1.07. The van der Waals surface area contributed by atoms with Crippen LogP contribution in [0.4, 0.5) is 0 Å². The molecule has 0 radical (unpaired) electrons. The summed E-state index contributed by atoms with van der Waals surface area (Å²) in [6.07, 6.45) is 1.15. The summed E-state index contributed by atoms with van der Waals surface area (Å²) >= 11 is 0. The Morgan fingerprint density at radius 2 is 2.50 bits per heavy atom. The monoisotopic (exact) mass is 83.0 g/mol. The third-order valence-electron chi connectivity index (χ3n) is 0.184. The summed E-state index contributed by atoms with van der Waals surface area (Å²) in [6.45, 7) is 5.89. The molecule has 0 aliphatic heterocycles. The molecule has 0 bridgehead atoms. The lowest BCUT2D eigenvalue weighted by Crippen LogP contribution is -1.96. The van der Waals surface area contributed by atoms with E-state index in [9.17, 15) is 0 Å². The normalized spacial score (nSPS) is 5.17. The van der Waals surface area contributed by atoms with Gasteiger partial charge in [-0.05, 0) is 0 Å². The van der Waals surface area contributed by atoms with E-state index in [1.54, 1.807) is 0 Å². The Balaban J connectivity index is 3.40. The van der Waals surface area contributed by atoms with Crippen LogP contribution in [-0.4, -0.2) is 10.4 Å². The molecule has 0 saturated heterocycles. The summed E-state index contributed by atoms with van der Waals surface area (Å²) in [5, 5.41) is 15.2. The van der Waals surface area contributed by atoms with Crippen LogP contribution >= 0.6 is 0 Å². The van der Waals surface area contributed by atoms with Gasteiger partial charge in [0.1, 0.15) is 5.17 Å². The van der Waals surface area contributed by atoms with Crippen LogP contribution < -0.4 is 0 Å². The van der Waals surface area contributed by atoms with Gasteiger partial charge in [-0.3, -0.25) is 0 Å². The summed E-state index contributed by atoms with van der Waals surface area (Å²) in [5.74, 6) is 0. The van der Waals surface area contributed by atoms with Crippen LogP contribution in [-0.2, 0) is 0 Å². The Bertz CT molecular complexity index is 92.9. The summed E-state index contributed by atoms with van der Waals surface area (Å²) in [4.78, 5) is 2.28. The number of nitriles is 1. The van der Waals surface area contributed by atoms with Gasteiger partial charge in [-0.15, -0.1) is 4.95 Å². The van der Waals surface area contributed by atoms with Crippen molar-refractivity contribution in [3.63, 3.8) is 0 Å². The largest absolute Gasteiger partial charge is 0.288 e. The minimum Gasteiger partial charge on any atom is -0.216 e. The molecule has 0 aromatic carbocycles. The third kappa shape index (κ3) is 1.10. The predicted molar refractivity (Wildman–Crippen MR) is 15.8 cm³/mol.